The van der Waals surface area contributed by atoms with E-state index in [-0.39, 0.29) is 17.1 Å². The molecular weight excluding hydrogens is 244 g/mol. The zero-order chi connectivity index (χ0) is 13.7. The lowest BCUT2D eigenvalue weighted by Gasteiger charge is -2.14. The van der Waals surface area contributed by atoms with Gasteiger partial charge in [-0.1, -0.05) is 17.7 Å². The van der Waals surface area contributed by atoms with Gasteiger partial charge in [-0.25, -0.2) is 0 Å². The number of benzene rings is 1. The van der Waals surface area contributed by atoms with E-state index in [2.05, 4.69) is 16.7 Å². The Bertz CT molecular complexity index is 477. The average Bonchev–Trinajstić information content (AvgIpc) is 2.40. The van der Waals surface area contributed by atoms with Crippen molar-refractivity contribution in [2.45, 2.75) is 12.8 Å². The van der Waals surface area contributed by atoms with Gasteiger partial charge in [0.25, 0.3) is 5.91 Å². The Morgan fingerprint density at radius 3 is 2.68 bits per heavy atom. The highest BCUT2D eigenvalue weighted by molar-refractivity contribution is 5.99. The zero-order valence-electron chi connectivity index (χ0n) is 10.6. The van der Waals surface area contributed by atoms with Gasteiger partial charge in [-0.2, -0.15) is 0 Å². The van der Waals surface area contributed by atoms with Crippen LogP contribution in [0.5, 0.6) is 11.5 Å². The first-order chi connectivity index (χ1) is 9.18. The summed E-state index contributed by atoms with van der Waals surface area (Å²) in [6.07, 6.45) is 3.92. The van der Waals surface area contributed by atoms with Gasteiger partial charge in [-0.15, -0.1) is 0 Å². The second-order valence-corrected chi connectivity index (χ2v) is 4.49. The van der Waals surface area contributed by atoms with Crippen molar-refractivity contribution in [3.63, 3.8) is 0 Å². The first-order valence-corrected chi connectivity index (χ1v) is 6.36. The SMILES string of the molecule is O=C(NCCC1=CCNCC1)c1c(O)cccc1O. The van der Waals surface area contributed by atoms with Crippen molar-refractivity contribution in [3.8, 4) is 11.5 Å². The van der Waals surface area contributed by atoms with Crippen molar-refractivity contribution in [3.05, 3.63) is 35.4 Å². The van der Waals surface area contributed by atoms with Crippen molar-refractivity contribution >= 4 is 5.91 Å². The molecule has 0 radical (unpaired) electrons. The standard InChI is InChI=1S/C14H18N2O3/c17-11-2-1-3-12(18)13(11)14(19)16-9-6-10-4-7-15-8-5-10/h1-4,15,17-18H,5-9H2,(H,16,19). The predicted octanol–water partition coefficient (Wildman–Crippen LogP) is 1.14. The fraction of sp³-hybridized carbons (Fsp3) is 0.357. The summed E-state index contributed by atoms with van der Waals surface area (Å²) >= 11 is 0. The minimum Gasteiger partial charge on any atom is -0.507 e. The van der Waals surface area contributed by atoms with Gasteiger partial charge in [-0.3, -0.25) is 4.79 Å². The van der Waals surface area contributed by atoms with Crippen LogP contribution in [0.1, 0.15) is 23.2 Å². The van der Waals surface area contributed by atoms with E-state index in [1.54, 1.807) is 0 Å². The average molecular weight is 262 g/mol. The molecule has 1 aromatic carbocycles. The third-order valence-electron chi connectivity index (χ3n) is 3.14. The molecule has 0 aromatic heterocycles. The molecule has 0 saturated carbocycles. The van der Waals surface area contributed by atoms with Crippen LogP contribution < -0.4 is 10.6 Å². The molecule has 0 aliphatic carbocycles. The van der Waals surface area contributed by atoms with E-state index in [1.807, 2.05) is 0 Å². The van der Waals surface area contributed by atoms with Gasteiger partial charge < -0.3 is 20.8 Å². The van der Waals surface area contributed by atoms with Gasteiger partial charge in [-0.05, 0) is 31.5 Å². The Hall–Kier alpha value is -2.01. The van der Waals surface area contributed by atoms with E-state index in [0.717, 1.165) is 25.9 Å². The van der Waals surface area contributed by atoms with Crippen LogP contribution in [0, 0.1) is 0 Å². The van der Waals surface area contributed by atoms with Gasteiger partial charge >= 0.3 is 0 Å². The lowest BCUT2D eigenvalue weighted by molar-refractivity contribution is 0.0948. The molecule has 1 aliphatic heterocycles. The summed E-state index contributed by atoms with van der Waals surface area (Å²) in [5, 5.41) is 25.1. The summed E-state index contributed by atoms with van der Waals surface area (Å²) in [7, 11) is 0. The van der Waals surface area contributed by atoms with Crippen LogP contribution in [0.3, 0.4) is 0 Å². The van der Waals surface area contributed by atoms with Crippen LogP contribution in [-0.2, 0) is 0 Å². The Kier molecular flexibility index (Phi) is 4.41. The van der Waals surface area contributed by atoms with Crippen molar-refractivity contribution in [1.29, 1.82) is 0 Å². The van der Waals surface area contributed by atoms with E-state index in [9.17, 15) is 15.0 Å². The highest BCUT2D eigenvalue weighted by atomic mass is 16.3. The van der Waals surface area contributed by atoms with Crippen molar-refractivity contribution in [2.24, 2.45) is 0 Å². The van der Waals surface area contributed by atoms with Crippen LogP contribution in [0.4, 0.5) is 0 Å². The number of hydrogen-bond donors (Lipinski definition) is 4. The Labute approximate surface area is 112 Å². The van der Waals surface area contributed by atoms with Gasteiger partial charge in [0.2, 0.25) is 0 Å². The molecule has 5 nitrogen and oxygen atoms in total. The fourth-order valence-corrected chi connectivity index (χ4v) is 2.08. The maximum absolute atomic E-state index is 11.9. The number of phenolic OH excluding ortho intramolecular Hbond substituents is 2. The Morgan fingerprint density at radius 2 is 2.05 bits per heavy atom. The van der Waals surface area contributed by atoms with Gasteiger partial charge in [0, 0.05) is 13.1 Å². The Morgan fingerprint density at radius 1 is 1.32 bits per heavy atom. The van der Waals surface area contributed by atoms with E-state index in [0.29, 0.717) is 6.54 Å². The number of hydrogen-bond acceptors (Lipinski definition) is 4. The van der Waals surface area contributed by atoms with Crippen molar-refractivity contribution in [1.82, 2.24) is 10.6 Å². The summed E-state index contributed by atoms with van der Waals surface area (Å²) in [6.45, 7) is 2.35. The summed E-state index contributed by atoms with van der Waals surface area (Å²) < 4.78 is 0. The molecule has 0 fully saturated rings. The minimum absolute atomic E-state index is 0.0678. The molecule has 4 N–H and O–H groups in total. The van der Waals surface area contributed by atoms with Crippen LogP contribution in [-0.4, -0.2) is 35.8 Å². The normalized spacial score (nSPS) is 14.8. The molecule has 0 atom stereocenters. The van der Waals surface area contributed by atoms with E-state index in [4.69, 9.17) is 0 Å². The summed E-state index contributed by atoms with van der Waals surface area (Å²) in [4.78, 5) is 11.9. The minimum atomic E-state index is -0.454. The number of rotatable bonds is 4. The lowest BCUT2D eigenvalue weighted by Crippen LogP contribution is -2.26. The monoisotopic (exact) mass is 262 g/mol. The summed E-state index contributed by atoms with van der Waals surface area (Å²) in [6, 6.07) is 4.25. The molecule has 0 unspecified atom stereocenters. The van der Waals surface area contributed by atoms with Crippen LogP contribution >= 0.6 is 0 Å². The molecule has 2 rings (SSSR count). The largest absolute Gasteiger partial charge is 0.507 e. The maximum atomic E-state index is 11.9. The molecule has 5 heteroatoms. The summed E-state index contributed by atoms with van der Waals surface area (Å²) in [5.41, 5.74) is 1.25. The third kappa shape index (κ3) is 3.48. The number of phenols is 2. The van der Waals surface area contributed by atoms with E-state index >= 15 is 0 Å². The van der Waals surface area contributed by atoms with E-state index < -0.39 is 5.91 Å². The van der Waals surface area contributed by atoms with Gasteiger partial charge in [0.1, 0.15) is 17.1 Å². The maximum Gasteiger partial charge on any atom is 0.258 e. The van der Waals surface area contributed by atoms with Crippen LogP contribution in [0.15, 0.2) is 29.8 Å². The first-order valence-electron chi connectivity index (χ1n) is 6.36. The molecule has 19 heavy (non-hydrogen) atoms. The molecule has 1 aliphatic rings. The number of carbonyl (C=O) groups is 1. The highest BCUT2D eigenvalue weighted by Crippen LogP contribution is 2.25. The second-order valence-electron chi connectivity index (χ2n) is 4.49. The quantitative estimate of drug-likeness (QED) is 0.613. The molecule has 0 spiro atoms. The summed E-state index contributed by atoms with van der Waals surface area (Å²) in [5.74, 6) is -0.873. The molecule has 1 amide bonds. The lowest BCUT2D eigenvalue weighted by atomic mass is 10.1. The third-order valence-corrected chi connectivity index (χ3v) is 3.14. The topological polar surface area (TPSA) is 81.6 Å². The molecule has 1 heterocycles. The molecule has 0 bridgehead atoms. The smallest absolute Gasteiger partial charge is 0.258 e. The number of nitrogens with one attached hydrogen (secondary N) is 2. The van der Waals surface area contributed by atoms with Crippen molar-refractivity contribution < 1.29 is 15.0 Å². The van der Waals surface area contributed by atoms with Crippen LogP contribution in [0.2, 0.25) is 0 Å². The number of carbonyl (C=O) groups excluding carboxylic acids is 1. The molecular formula is C14H18N2O3. The number of aromatic hydroxyl groups is 2. The predicted molar refractivity (Wildman–Crippen MR) is 72.3 cm³/mol. The van der Waals surface area contributed by atoms with Crippen molar-refractivity contribution in [2.75, 3.05) is 19.6 Å². The van der Waals surface area contributed by atoms with E-state index in [1.165, 1.54) is 23.8 Å². The first kappa shape index (κ1) is 13.4. The zero-order valence-corrected chi connectivity index (χ0v) is 10.6. The Balaban J connectivity index is 1.89. The van der Waals surface area contributed by atoms with Gasteiger partial charge in [0.05, 0.1) is 0 Å². The van der Waals surface area contributed by atoms with Gasteiger partial charge in [0.15, 0.2) is 0 Å². The number of amides is 1. The molecule has 102 valence electrons. The van der Waals surface area contributed by atoms with Crippen LogP contribution in [0.25, 0.3) is 0 Å². The molecule has 1 aromatic rings. The fourth-order valence-electron chi connectivity index (χ4n) is 2.08. The molecule has 0 saturated heterocycles. The second kappa shape index (κ2) is 6.24. The highest BCUT2D eigenvalue weighted by Gasteiger charge is 2.15.